The zero-order chi connectivity index (χ0) is 11.5. The first-order valence-electron chi connectivity index (χ1n) is 5.85. The van der Waals surface area contributed by atoms with Gasteiger partial charge in [0.2, 0.25) is 0 Å². The molecule has 0 radical (unpaired) electrons. The van der Waals surface area contributed by atoms with Crippen LogP contribution >= 0.6 is 0 Å². The first-order valence-corrected chi connectivity index (χ1v) is 5.85. The summed E-state index contributed by atoms with van der Waals surface area (Å²) in [7, 11) is 0. The van der Waals surface area contributed by atoms with Gasteiger partial charge in [0.15, 0.2) is 0 Å². The molecule has 1 aliphatic heterocycles. The summed E-state index contributed by atoms with van der Waals surface area (Å²) in [6, 6.07) is 4.33. The highest BCUT2D eigenvalue weighted by atomic mass is 19.1. The first-order chi connectivity index (χ1) is 7.70. The van der Waals surface area contributed by atoms with E-state index in [2.05, 4.69) is 6.92 Å². The van der Waals surface area contributed by atoms with Crippen molar-refractivity contribution in [3.05, 3.63) is 29.6 Å². The van der Waals surface area contributed by atoms with Crippen LogP contribution in [0.4, 0.5) is 4.39 Å². The lowest BCUT2D eigenvalue weighted by atomic mass is 9.96. The molecule has 0 spiro atoms. The summed E-state index contributed by atoms with van der Waals surface area (Å²) in [5, 5.41) is 9.91. The minimum atomic E-state index is -0.596. The van der Waals surface area contributed by atoms with Gasteiger partial charge in [0, 0.05) is 12.0 Å². The van der Waals surface area contributed by atoms with Gasteiger partial charge in [-0.15, -0.1) is 0 Å². The minimum absolute atomic E-state index is 0.0629. The highest BCUT2D eigenvalue weighted by molar-refractivity contribution is 5.37. The second-order valence-corrected chi connectivity index (χ2v) is 4.32. The Morgan fingerprint density at radius 1 is 1.50 bits per heavy atom. The number of benzene rings is 1. The van der Waals surface area contributed by atoms with E-state index in [1.165, 1.54) is 12.1 Å². The topological polar surface area (TPSA) is 29.5 Å². The van der Waals surface area contributed by atoms with Crippen LogP contribution in [-0.2, 0) is 0 Å². The Labute approximate surface area is 95.1 Å². The number of aliphatic hydroxyl groups is 1. The lowest BCUT2D eigenvalue weighted by Crippen LogP contribution is -2.25. The van der Waals surface area contributed by atoms with Crippen molar-refractivity contribution in [2.75, 3.05) is 0 Å². The molecular formula is C13H17FO2. The van der Waals surface area contributed by atoms with Crippen LogP contribution in [0.2, 0.25) is 0 Å². The predicted octanol–water partition coefficient (Wildman–Crippen LogP) is 3.20. The summed E-state index contributed by atoms with van der Waals surface area (Å²) in [5.74, 6) is 0.301. The number of unbranched alkanes of at least 4 members (excludes halogenated alkanes) is 1. The number of ether oxygens (including phenoxy) is 1. The molecule has 0 bridgehead atoms. The van der Waals surface area contributed by atoms with Crippen LogP contribution in [0.1, 0.15) is 44.3 Å². The molecule has 88 valence electrons. The number of hydrogen-bond donors (Lipinski definition) is 1. The largest absolute Gasteiger partial charge is 0.490 e. The average molecular weight is 224 g/mol. The Balaban J connectivity index is 2.13. The molecule has 2 nitrogen and oxygen atoms in total. The van der Waals surface area contributed by atoms with Crippen molar-refractivity contribution in [2.24, 2.45) is 0 Å². The molecule has 3 heteroatoms. The van der Waals surface area contributed by atoms with Crippen LogP contribution in [0.3, 0.4) is 0 Å². The van der Waals surface area contributed by atoms with E-state index in [1.54, 1.807) is 6.07 Å². The molecule has 1 aromatic rings. The van der Waals surface area contributed by atoms with Crippen molar-refractivity contribution in [3.63, 3.8) is 0 Å². The van der Waals surface area contributed by atoms with Gasteiger partial charge in [-0.2, -0.15) is 0 Å². The average Bonchev–Trinajstić information content (AvgIpc) is 2.27. The van der Waals surface area contributed by atoms with E-state index in [9.17, 15) is 9.50 Å². The third kappa shape index (κ3) is 2.35. The summed E-state index contributed by atoms with van der Waals surface area (Å²) < 4.78 is 18.7. The van der Waals surface area contributed by atoms with Crippen molar-refractivity contribution in [1.29, 1.82) is 0 Å². The smallest absolute Gasteiger partial charge is 0.125 e. The van der Waals surface area contributed by atoms with Crippen LogP contribution < -0.4 is 4.74 Å². The van der Waals surface area contributed by atoms with Crippen LogP contribution in [0, 0.1) is 5.82 Å². The molecule has 16 heavy (non-hydrogen) atoms. The van der Waals surface area contributed by atoms with Gasteiger partial charge < -0.3 is 9.84 Å². The van der Waals surface area contributed by atoms with Gasteiger partial charge in [0.05, 0.1) is 6.10 Å². The van der Waals surface area contributed by atoms with Gasteiger partial charge in [-0.05, 0) is 24.6 Å². The zero-order valence-corrected chi connectivity index (χ0v) is 9.45. The number of hydrogen-bond acceptors (Lipinski definition) is 2. The maximum atomic E-state index is 13.0. The molecule has 2 unspecified atom stereocenters. The number of aliphatic hydroxyl groups excluding tert-OH is 1. The van der Waals surface area contributed by atoms with E-state index < -0.39 is 6.10 Å². The van der Waals surface area contributed by atoms with Crippen LogP contribution in [0.5, 0.6) is 5.75 Å². The quantitative estimate of drug-likeness (QED) is 0.854. The highest BCUT2D eigenvalue weighted by Gasteiger charge is 2.26. The fourth-order valence-corrected chi connectivity index (χ4v) is 2.10. The third-order valence-electron chi connectivity index (χ3n) is 2.99. The molecule has 1 aromatic carbocycles. The molecule has 2 rings (SSSR count). The fourth-order valence-electron chi connectivity index (χ4n) is 2.10. The molecule has 2 atom stereocenters. The van der Waals surface area contributed by atoms with E-state index in [0.29, 0.717) is 17.7 Å². The van der Waals surface area contributed by atoms with E-state index in [-0.39, 0.29) is 11.9 Å². The van der Waals surface area contributed by atoms with E-state index in [4.69, 9.17) is 4.74 Å². The number of rotatable bonds is 3. The van der Waals surface area contributed by atoms with Crippen LogP contribution in [-0.4, -0.2) is 11.2 Å². The predicted molar refractivity (Wildman–Crippen MR) is 59.9 cm³/mol. The third-order valence-corrected chi connectivity index (χ3v) is 2.99. The van der Waals surface area contributed by atoms with Crippen LogP contribution in [0.15, 0.2) is 18.2 Å². The monoisotopic (exact) mass is 224 g/mol. The van der Waals surface area contributed by atoms with Gasteiger partial charge >= 0.3 is 0 Å². The molecular weight excluding hydrogens is 207 g/mol. The van der Waals surface area contributed by atoms with Crippen molar-refractivity contribution in [3.8, 4) is 5.75 Å². The SMILES string of the molecule is CCCCC1CC(O)c2cc(F)ccc2O1. The molecule has 1 N–H and O–H groups in total. The second-order valence-electron chi connectivity index (χ2n) is 4.32. The summed E-state index contributed by atoms with van der Waals surface area (Å²) >= 11 is 0. The Kier molecular flexibility index (Phi) is 3.44. The molecule has 0 saturated carbocycles. The highest BCUT2D eigenvalue weighted by Crippen LogP contribution is 2.36. The summed E-state index contributed by atoms with van der Waals surface area (Å²) in [6.07, 6.45) is 3.19. The summed E-state index contributed by atoms with van der Waals surface area (Å²) in [5.41, 5.74) is 0.577. The Morgan fingerprint density at radius 3 is 3.06 bits per heavy atom. The van der Waals surface area contributed by atoms with E-state index >= 15 is 0 Å². The van der Waals surface area contributed by atoms with Gasteiger partial charge in [-0.25, -0.2) is 4.39 Å². The van der Waals surface area contributed by atoms with Gasteiger partial charge in [-0.1, -0.05) is 19.8 Å². The fraction of sp³-hybridized carbons (Fsp3) is 0.538. The molecule has 0 fully saturated rings. The molecule has 0 saturated heterocycles. The van der Waals surface area contributed by atoms with Crippen LogP contribution in [0.25, 0.3) is 0 Å². The van der Waals surface area contributed by atoms with Crippen molar-refractivity contribution in [2.45, 2.75) is 44.8 Å². The molecule has 1 aliphatic rings. The van der Waals surface area contributed by atoms with E-state index in [0.717, 1.165) is 19.3 Å². The maximum absolute atomic E-state index is 13.0. The standard InChI is InChI=1S/C13H17FO2/c1-2-3-4-10-8-12(15)11-7-9(14)5-6-13(11)16-10/h5-7,10,12,15H,2-4,8H2,1H3. The Morgan fingerprint density at radius 2 is 2.31 bits per heavy atom. The zero-order valence-electron chi connectivity index (χ0n) is 9.45. The van der Waals surface area contributed by atoms with Gasteiger partial charge in [0.25, 0.3) is 0 Å². The summed E-state index contributed by atoms with van der Waals surface area (Å²) in [6.45, 7) is 2.13. The van der Waals surface area contributed by atoms with Gasteiger partial charge in [-0.3, -0.25) is 0 Å². The summed E-state index contributed by atoms with van der Waals surface area (Å²) in [4.78, 5) is 0. The first kappa shape index (κ1) is 11.4. The molecule has 0 aliphatic carbocycles. The van der Waals surface area contributed by atoms with Gasteiger partial charge in [0.1, 0.15) is 17.7 Å². The lowest BCUT2D eigenvalue weighted by Gasteiger charge is -2.29. The van der Waals surface area contributed by atoms with Crippen molar-refractivity contribution in [1.82, 2.24) is 0 Å². The Hall–Kier alpha value is -1.09. The molecule has 1 heterocycles. The lowest BCUT2D eigenvalue weighted by molar-refractivity contribution is 0.0603. The number of halogens is 1. The minimum Gasteiger partial charge on any atom is -0.490 e. The maximum Gasteiger partial charge on any atom is 0.125 e. The molecule has 0 aromatic heterocycles. The molecule has 0 amide bonds. The second kappa shape index (κ2) is 4.83. The van der Waals surface area contributed by atoms with Crippen molar-refractivity contribution < 1.29 is 14.2 Å². The van der Waals surface area contributed by atoms with E-state index in [1.807, 2.05) is 0 Å². The number of fused-ring (bicyclic) bond motifs is 1. The Bertz CT molecular complexity index is 365. The normalized spacial score (nSPS) is 23.7. The van der Waals surface area contributed by atoms with Crippen molar-refractivity contribution >= 4 is 0 Å².